The fourth-order valence-corrected chi connectivity index (χ4v) is 5.24. The van der Waals surface area contributed by atoms with Gasteiger partial charge in [0.25, 0.3) is 0 Å². The van der Waals surface area contributed by atoms with Crippen LogP contribution < -0.4 is 0 Å². The first-order chi connectivity index (χ1) is 9.32. The molecule has 0 unspecified atom stereocenters. The van der Waals surface area contributed by atoms with Crippen molar-refractivity contribution in [3.63, 3.8) is 0 Å². The highest BCUT2D eigenvalue weighted by Crippen LogP contribution is 2.56. The standard InChI is InChI=1S/C18H34N2/c1-14(2)15-6-8-20(9-7-15)17(3,4)16-10-18(11-16)12-19(5)13-18/h14-16H,6-13H2,1-5H3. The van der Waals surface area contributed by atoms with Crippen LogP contribution in [-0.2, 0) is 0 Å². The zero-order chi connectivity index (χ0) is 14.5. The number of rotatable bonds is 3. The minimum Gasteiger partial charge on any atom is -0.305 e. The molecule has 1 aliphatic carbocycles. The summed E-state index contributed by atoms with van der Waals surface area (Å²) in [5.41, 5.74) is 1.16. The Morgan fingerprint density at radius 3 is 2.05 bits per heavy atom. The number of nitrogens with zero attached hydrogens (tertiary/aromatic N) is 2. The van der Waals surface area contributed by atoms with E-state index in [2.05, 4.69) is 44.5 Å². The van der Waals surface area contributed by atoms with Gasteiger partial charge in [0.05, 0.1) is 0 Å². The lowest BCUT2D eigenvalue weighted by atomic mass is 9.53. The third-order valence-corrected chi connectivity index (χ3v) is 6.87. The van der Waals surface area contributed by atoms with Crippen molar-refractivity contribution in [2.24, 2.45) is 23.2 Å². The minimum absolute atomic E-state index is 0.432. The molecule has 0 N–H and O–H groups in total. The van der Waals surface area contributed by atoms with Gasteiger partial charge in [-0.25, -0.2) is 0 Å². The van der Waals surface area contributed by atoms with Crippen LogP contribution in [0.3, 0.4) is 0 Å². The van der Waals surface area contributed by atoms with Crippen LogP contribution in [0.2, 0.25) is 0 Å². The lowest BCUT2D eigenvalue weighted by molar-refractivity contribution is -0.131. The van der Waals surface area contributed by atoms with Crippen LogP contribution in [0.15, 0.2) is 0 Å². The molecule has 3 rings (SSSR count). The molecule has 1 saturated carbocycles. The highest BCUT2D eigenvalue weighted by atomic mass is 15.2. The molecule has 2 aliphatic heterocycles. The third-order valence-electron chi connectivity index (χ3n) is 6.87. The molecule has 116 valence electrons. The second-order valence-corrected chi connectivity index (χ2v) is 9.00. The van der Waals surface area contributed by atoms with E-state index in [0.29, 0.717) is 5.54 Å². The molecule has 20 heavy (non-hydrogen) atoms. The first-order valence-electron chi connectivity index (χ1n) is 8.76. The summed E-state index contributed by atoms with van der Waals surface area (Å²) >= 11 is 0. The van der Waals surface area contributed by atoms with Crippen LogP contribution in [0.1, 0.15) is 53.4 Å². The molecule has 2 heterocycles. The van der Waals surface area contributed by atoms with Gasteiger partial charge in [-0.05, 0) is 82.8 Å². The van der Waals surface area contributed by atoms with E-state index < -0.39 is 0 Å². The van der Waals surface area contributed by atoms with Gasteiger partial charge in [-0.2, -0.15) is 0 Å². The Hall–Kier alpha value is -0.0800. The quantitative estimate of drug-likeness (QED) is 0.780. The topological polar surface area (TPSA) is 6.48 Å². The van der Waals surface area contributed by atoms with Crippen LogP contribution in [-0.4, -0.2) is 48.6 Å². The Morgan fingerprint density at radius 1 is 1.05 bits per heavy atom. The van der Waals surface area contributed by atoms with E-state index in [9.17, 15) is 0 Å². The summed E-state index contributed by atoms with van der Waals surface area (Å²) in [4.78, 5) is 5.29. The zero-order valence-corrected chi connectivity index (χ0v) is 14.3. The average molecular weight is 278 g/mol. The fraction of sp³-hybridized carbons (Fsp3) is 1.00. The Kier molecular flexibility index (Phi) is 3.70. The van der Waals surface area contributed by atoms with Crippen LogP contribution in [0.5, 0.6) is 0 Å². The van der Waals surface area contributed by atoms with Crippen molar-refractivity contribution in [1.29, 1.82) is 0 Å². The Labute approximate surface area is 125 Å². The normalized spacial score (nSPS) is 29.7. The smallest absolute Gasteiger partial charge is 0.0181 e. The van der Waals surface area contributed by atoms with Crippen molar-refractivity contribution in [2.75, 3.05) is 33.2 Å². The molecule has 0 aromatic rings. The van der Waals surface area contributed by atoms with Crippen LogP contribution in [0, 0.1) is 23.2 Å². The highest BCUT2D eigenvalue weighted by molar-refractivity contribution is 5.09. The fourth-order valence-electron chi connectivity index (χ4n) is 5.24. The first-order valence-corrected chi connectivity index (χ1v) is 8.76. The van der Waals surface area contributed by atoms with E-state index in [1.807, 2.05) is 0 Å². The molecule has 0 amide bonds. The van der Waals surface area contributed by atoms with Crippen LogP contribution >= 0.6 is 0 Å². The maximum atomic E-state index is 2.81. The summed E-state index contributed by atoms with van der Waals surface area (Å²) < 4.78 is 0. The Morgan fingerprint density at radius 2 is 1.60 bits per heavy atom. The maximum Gasteiger partial charge on any atom is 0.0181 e. The van der Waals surface area contributed by atoms with Crippen molar-refractivity contribution >= 4 is 0 Å². The predicted molar refractivity (Wildman–Crippen MR) is 85.9 cm³/mol. The van der Waals surface area contributed by atoms with E-state index in [1.165, 1.54) is 51.9 Å². The predicted octanol–water partition coefficient (Wildman–Crippen LogP) is 3.47. The molecule has 3 fully saturated rings. The molecular weight excluding hydrogens is 244 g/mol. The SMILES string of the molecule is CC(C)C1CCN(C(C)(C)C2CC3(C2)CN(C)C3)CC1. The molecule has 0 aromatic carbocycles. The molecule has 0 aromatic heterocycles. The van der Waals surface area contributed by atoms with Gasteiger partial charge in [-0.1, -0.05) is 13.8 Å². The summed E-state index contributed by atoms with van der Waals surface area (Å²) in [7, 11) is 2.26. The molecule has 2 saturated heterocycles. The molecule has 0 radical (unpaired) electrons. The van der Waals surface area contributed by atoms with Gasteiger partial charge < -0.3 is 4.90 Å². The van der Waals surface area contributed by atoms with Crippen molar-refractivity contribution < 1.29 is 0 Å². The average Bonchev–Trinajstić information content (AvgIpc) is 2.31. The van der Waals surface area contributed by atoms with Gasteiger partial charge in [0.1, 0.15) is 0 Å². The van der Waals surface area contributed by atoms with Gasteiger partial charge in [-0.15, -0.1) is 0 Å². The highest BCUT2D eigenvalue weighted by Gasteiger charge is 2.56. The Bertz CT molecular complexity index is 338. The largest absolute Gasteiger partial charge is 0.305 e. The summed E-state index contributed by atoms with van der Waals surface area (Å²) in [6.45, 7) is 15.2. The lowest BCUT2D eigenvalue weighted by Gasteiger charge is -2.63. The van der Waals surface area contributed by atoms with Crippen molar-refractivity contribution in [3.8, 4) is 0 Å². The molecule has 0 bridgehead atoms. The van der Waals surface area contributed by atoms with E-state index in [-0.39, 0.29) is 0 Å². The van der Waals surface area contributed by atoms with Gasteiger partial charge in [-0.3, -0.25) is 4.90 Å². The van der Waals surface area contributed by atoms with Crippen molar-refractivity contribution in [1.82, 2.24) is 9.80 Å². The number of hydrogen-bond acceptors (Lipinski definition) is 2. The van der Waals surface area contributed by atoms with E-state index in [1.54, 1.807) is 0 Å². The van der Waals surface area contributed by atoms with E-state index in [4.69, 9.17) is 0 Å². The summed E-state index contributed by atoms with van der Waals surface area (Å²) in [6, 6.07) is 0. The zero-order valence-electron chi connectivity index (χ0n) is 14.3. The first kappa shape index (κ1) is 14.8. The summed E-state index contributed by atoms with van der Waals surface area (Å²) in [5, 5.41) is 0. The van der Waals surface area contributed by atoms with Gasteiger partial charge >= 0.3 is 0 Å². The Balaban J connectivity index is 1.52. The molecule has 0 atom stereocenters. The number of piperidine rings is 1. The lowest BCUT2D eigenvalue weighted by Crippen LogP contribution is -2.66. The van der Waals surface area contributed by atoms with Crippen molar-refractivity contribution in [2.45, 2.75) is 58.9 Å². The van der Waals surface area contributed by atoms with Gasteiger partial charge in [0, 0.05) is 18.6 Å². The maximum absolute atomic E-state index is 2.81. The second kappa shape index (κ2) is 4.98. The summed E-state index contributed by atoms with van der Waals surface area (Å²) in [6.07, 6.45) is 5.80. The minimum atomic E-state index is 0.432. The molecule has 2 heteroatoms. The van der Waals surface area contributed by atoms with Crippen molar-refractivity contribution in [3.05, 3.63) is 0 Å². The monoisotopic (exact) mass is 278 g/mol. The van der Waals surface area contributed by atoms with Gasteiger partial charge in [0.2, 0.25) is 0 Å². The third kappa shape index (κ3) is 2.43. The number of likely N-dealkylation sites (tertiary alicyclic amines) is 2. The second-order valence-electron chi connectivity index (χ2n) is 9.00. The molecular formula is C18H34N2. The molecule has 2 nitrogen and oxygen atoms in total. The van der Waals surface area contributed by atoms with Gasteiger partial charge in [0.15, 0.2) is 0 Å². The number of hydrogen-bond donors (Lipinski definition) is 0. The molecule has 1 spiro atoms. The molecule has 3 aliphatic rings. The van der Waals surface area contributed by atoms with Crippen LogP contribution in [0.25, 0.3) is 0 Å². The van der Waals surface area contributed by atoms with E-state index >= 15 is 0 Å². The van der Waals surface area contributed by atoms with E-state index in [0.717, 1.165) is 23.2 Å². The van der Waals surface area contributed by atoms with Crippen LogP contribution in [0.4, 0.5) is 0 Å². The summed E-state index contributed by atoms with van der Waals surface area (Å²) in [5.74, 6) is 2.78.